The van der Waals surface area contributed by atoms with E-state index in [0.29, 0.717) is 34.1 Å². The number of carbonyl (C=O) groups is 1. The Labute approximate surface area is 142 Å². The van der Waals surface area contributed by atoms with Crippen molar-refractivity contribution in [1.82, 2.24) is 0 Å². The van der Waals surface area contributed by atoms with Crippen molar-refractivity contribution in [2.75, 3.05) is 28.4 Å². The van der Waals surface area contributed by atoms with Gasteiger partial charge in [-0.25, -0.2) is 0 Å². The van der Waals surface area contributed by atoms with E-state index in [-0.39, 0.29) is 5.78 Å². The zero-order valence-corrected chi connectivity index (χ0v) is 14.9. The first-order chi connectivity index (χ1) is 11.5. The van der Waals surface area contributed by atoms with Crippen molar-refractivity contribution in [2.24, 2.45) is 0 Å². The largest absolute Gasteiger partial charge is 0.496 e. The van der Waals surface area contributed by atoms with E-state index < -0.39 is 0 Å². The molecule has 0 N–H and O–H groups in total. The molecule has 128 valence electrons. The summed E-state index contributed by atoms with van der Waals surface area (Å²) in [6.45, 7) is 3.71. The van der Waals surface area contributed by atoms with Gasteiger partial charge in [-0.15, -0.1) is 0 Å². The van der Waals surface area contributed by atoms with E-state index in [4.69, 9.17) is 18.9 Å². The van der Waals surface area contributed by atoms with Gasteiger partial charge in [0.1, 0.15) is 5.75 Å². The minimum Gasteiger partial charge on any atom is -0.496 e. The summed E-state index contributed by atoms with van der Waals surface area (Å²) in [5, 5.41) is 0. The van der Waals surface area contributed by atoms with Crippen LogP contribution in [0.2, 0.25) is 0 Å². The van der Waals surface area contributed by atoms with Crippen molar-refractivity contribution in [3.8, 4) is 23.0 Å². The molecule has 2 aromatic rings. The van der Waals surface area contributed by atoms with Gasteiger partial charge in [-0.1, -0.05) is 12.1 Å². The van der Waals surface area contributed by atoms with Crippen LogP contribution in [0.3, 0.4) is 0 Å². The molecule has 0 spiro atoms. The minimum absolute atomic E-state index is 0.180. The summed E-state index contributed by atoms with van der Waals surface area (Å²) in [6, 6.07) is 7.25. The first-order valence-corrected chi connectivity index (χ1v) is 7.47. The molecule has 0 aromatic heterocycles. The van der Waals surface area contributed by atoms with Gasteiger partial charge in [0.15, 0.2) is 11.5 Å². The van der Waals surface area contributed by atoms with E-state index in [1.807, 2.05) is 26.0 Å². The van der Waals surface area contributed by atoms with E-state index in [0.717, 1.165) is 11.1 Å². The number of carbonyl (C=O) groups excluding carboxylic acids is 1. The lowest BCUT2D eigenvalue weighted by Gasteiger charge is -2.19. The summed E-state index contributed by atoms with van der Waals surface area (Å²) in [4.78, 5) is 13.3. The highest BCUT2D eigenvalue weighted by atomic mass is 16.5. The molecule has 0 bridgehead atoms. The van der Waals surface area contributed by atoms with Crippen molar-refractivity contribution in [1.29, 1.82) is 0 Å². The van der Waals surface area contributed by atoms with Crippen LogP contribution in [0.25, 0.3) is 0 Å². The molecule has 0 fully saturated rings. The highest BCUT2D eigenvalue weighted by molar-refractivity contribution is 6.14. The second-order valence-corrected chi connectivity index (χ2v) is 5.32. The van der Waals surface area contributed by atoms with Gasteiger partial charge in [0.25, 0.3) is 0 Å². The number of ketones is 1. The fourth-order valence-electron chi connectivity index (χ4n) is 2.79. The molecule has 0 atom stereocenters. The number of aryl methyl sites for hydroxylation is 2. The molecule has 0 aliphatic carbocycles. The first-order valence-electron chi connectivity index (χ1n) is 7.47. The second-order valence-electron chi connectivity index (χ2n) is 5.32. The maximum atomic E-state index is 13.3. The fourth-order valence-corrected chi connectivity index (χ4v) is 2.79. The monoisotopic (exact) mass is 330 g/mol. The maximum absolute atomic E-state index is 13.3. The number of benzene rings is 2. The smallest absolute Gasteiger partial charge is 0.204 e. The minimum atomic E-state index is -0.180. The van der Waals surface area contributed by atoms with Crippen LogP contribution >= 0.6 is 0 Å². The molecule has 5 nitrogen and oxygen atoms in total. The van der Waals surface area contributed by atoms with Gasteiger partial charge >= 0.3 is 0 Å². The Kier molecular flexibility index (Phi) is 5.34. The van der Waals surface area contributed by atoms with Gasteiger partial charge in [-0.05, 0) is 37.1 Å². The Balaban J connectivity index is 2.75. The maximum Gasteiger partial charge on any atom is 0.204 e. The van der Waals surface area contributed by atoms with Crippen LogP contribution < -0.4 is 18.9 Å². The third kappa shape index (κ3) is 2.89. The molecule has 0 aliphatic heterocycles. The molecule has 0 aliphatic rings. The quantitative estimate of drug-likeness (QED) is 0.758. The van der Waals surface area contributed by atoms with Gasteiger partial charge in [-0.3, -0.25) is 4.79 Å². The summed E-state index contributed by atoms with van der Waals surface area (Å²) < 4.78 is 21.6. The molecule has 2 aromatic carbocycles. The second kappa shape index (κ2) is 7.25. The lowest BCUT2D eigenvalue weighted by Crippen LogP contribution is -2.11. The highest BCUT2D eigenvalue weighted by Crippen LogP contribution is 2.43. The third-order valence-electron chi connectivity index (χ3n) is 3.94. The molecule has 0 heterocycles. The molecule has 2 rings (SSSR count). The number of ether oxygens (including phenoxy) is 4. The molecule has 0 radical (unpaired) electrons. The Morgan fingerprint density at radius 3 is 1.92 bits per heavy atom. The predicted molar refractivity (Wildman–Crippen MR) is 92.0 cm³/mol. The number of rotatable bonds is 6. The molecular formula is C19H22O5. The van der Waals surface area contributed by atoms with Crippen LogP contribution in [-0.2, 0) is 0 Å². The summed E-state index contributed by atoms with van der Waals surface area (Å²) in [7, 11) is 6.10. The predicted octanol–water partition coefficient (Wildman–Crippen LogP) is 3.57. The number of hydrogen-bond acceptors (Lipinski definition) is 5. The first kappa shape index (κ1) is 17.7. The molecular weight excluding hydrogens is 308 g/mol. The van der Waals surface area contributed by atoms with Crippen LogP contribution in [0.4, 0.5) is 0 Å². The van der Waals surface area contributed by atoms with Gasteiger partial charge in [0.2, 0.25) is 11.5 Å². The van der Waals surface area contributed by atoms with Gasteiger partial charge in [0, 0.05) is 0 Å². The van der Waals surface area contributed by atoms with Gasteiger partial charge < -0.3 is 18.9 Å². The Morgan fingerprint density at radius 1 is 0.750 bits per heavy atom. The van der Waals surface area contributed by atoms with Crippen molar-refractivity contribution < 1.29 is 23.7 Å². The van der Waals surface area contributed by atoms with E-state index in [2.05, 4.69) is 0 Å². The van der Waals surface area contributed by atoms with E-state index in [9.17, 15) is 4.79 Å². The van der Waals surface area contributed by atoms with Gasteiger partial charge in [-0.2, -0.15) is 0 Å². The standard InChI is InChI=1S/C19H22O5/c1-11-8-7-9-13(21-3)15(11)17(20)16-12(2)10-14(22-4)18(23-5)19(16)24-6/h7-10H,1-6H3. The molecule has 5 heteroatoms. The normalized spacial score (nSPS) is 10.2. The summed E-state index contributed by atoms with van der Waals surface area (Å²) in [5.74, 6) is 1.60. The summed E-state index contributed by atoms with van der Waals surface area (Å²) in [6.07, 6.45) is 0. The highest BCUT2D eigenvalue weighted by Gasteiger charge is 2.27. The molecule has 0 unspecified atom stereocenters. The SMILES string of the molecule is COc1cc(C)c(C(=O)c2c(C)cccc2OC)c(OC)c1OC. The molecule has 0 saturated carbocycles. The summed E-state index contributed by atoms with van der Waals surface area (Å²) >= 11 is 0. The molecule has 0 saturated heterocycles. The fraction of sp³-hybridized carbons (Fsp3) is 0.316. The average Bonchev–Trinajstić information content (AvgIpc) is 2.59. The van der Waals surface area contributed by atoms with Crippen molar-refractivity contribution in [3.05, 3.63) is 46.5 Å². The Bertz CT molecular complexity index is 765. The number of hydrogen-bond donors (Lipinski definition) is 0. The zero-order valence-electron chi connectivity index (χ0n) is 14.9. The van der Waals surface area contributed by atoms with Gasteiger partial charge in [0.05, 0.1) is 39.6 Å². The van der Waals surface area contributed by atoms with Crippen LogP contribution in [0.15, 0.2) is 24.3 Å². The van der Waals surface area contributed by atoms with Crippen molar-refractivity contribution >= 4 is 5.78 Å². The Hall–Kier alpha value is -2.69. The zero-order chi connectivity index (χ0) is 17.9. The van der Waals surface area contributed by atoms with Crippen LogP contribution in [0, 0.1) is 13.8 Å². The Morgan fingerprint density at radius 2 is 1.38 bits per heavy atom. The molecule has 0 amide bonds. The lowest BCUT2D eigenvalue weighted by atomic mass is 9.93. The summed E-state index contributed by atoms with van der Waals surface area (Å²) in [5.41, 5.74) is 2.51. The molecule has 24 heavy (non-hydrogen) atoms. The lowest BCUT2D eigenvalue weighted by molar-refractivity contribution is 0.103. The third-order valence-corrected chi connectivity index (χ3v) is 3.94. The van der Waals surface area contributed by atoms with E-state index in [1.165, 1.54) is 14.2 Å². The van der Waals surface area contributed by atoms with E-state index >= 15 is 0 Å². The number of methoxy groups -OCH3 is 4. The van der Waals surface area contributed by atoms with Crippen molar-refractivity contribution in [3.63, 3.8) is 0 Å². The van der Waals surface area contributed by atoms with Crippen molar-refractivity contribution in [2.45, 2.75) is 13.8 Å². The van der Waals surface area contributed by atoms with E-state index in [1.54, 1.807) is 26.4 Å². The van der Waals surface area contributed by atoms with Crippen LogP contribution in [-0.4, -0.2) is 34.2 Å². The topological polar surface area (TPSA) is 54.0 Å². The van der Waals surface area contributed by atoms with Crippen LogP contribution in [0.1, 0.15) is 27.0 Å². The average molecular weight is 330 g/mol. The van der Waals surface area contributed by atoms with Crippen LogP contribution in [0.5, 0.6) is 23.0 Å².